The third-order valence-electron chi connectivity index (χ3n) is 4.49. The number of morpholine rings is 1. The van der Waals surface area contributed by atoms with Crippen molar-refractivity contribution in [3.05, 3.63) is 64.7 Å². The van der Waals surface area contributed by atoms with Gasteiger partial charge in [-0.05, 0) is 41.8 Å². The highest BCUT2D eigenvalue weighted by Gasteiger charge is 2.16. The minimum absolute atomic E-state index is 0.0490. The zero-order chi connectivity index (χ0) is 19.1. The highest BCUT2D eigenvalue weighted by molar-refractivity contribution is 6.30. The van der Waals surface area contributed by atoms with Gasteiger partial charge in [-0.25, -0.2) is 0 Å². The van der Waals surface area contributed by atoms with Crippen molar-refractivity contribution in [3.8, 4) is 0 Å². The summed E-state index contributed by atoms with van der Waals surface area (Å²) in [7, 11) is 0. The largest absolute Gasteiger partial charge is 0.378 e. The summed E-state index contributed by atoms with van der Waals surface area (Å²) in [5.41, 5.74) is 2.70. The van der Waals surface area contributed by atoms with Gasteiger partial charge in [0.05, 0.1) is 19.6 Å². The van der Waals surface area contributed by atoms with Crippen LogP contribution < -0.4 is 5.32 Å². The van der Waals surface area contributed by atoms with Crippen LogP contribution in [0.1, 0.15) is 17.5 Å². The van der Waals surface area contributed by atoms with Gasteiger partial charge in [0.2, 0.25) is 11.8 Å². The first-order valence-electron chi connectivity index (χ1n) is 9.09. The minimum Gasteiger partial charge on any atom is -0.378 e. The number of benzene rings is 2. The van der Waals surface area contributed by atoms with Crippen LogP contribution in [-0.4, -0.2) is 43.0 Å². The highest BCUT2D eigenvalue weighted by Crippen LogP contribution is 2.14. The fourth-order valence-corrected chi connectivity index (χ4v) is 3.19. The van der Waals surface area contributed by atoms with Gasteiger partial charge in [0, 0.05) is 30.2 Å². The van der Waals surface area contributed by atoms with Crippen LogP contribution in [0.25, 0.3) is 0 Å². The number of ether oxygens (including phenoxy) is 1. The Balaban J connectivity index is 1.46. The van der Waals surface area contributed by atoms with E-state index in [1.807, 2.05) is 53.4 Å². The molecular formula is C21H23ClN2O3. The summed E-state index contributed by atoms with van der Waals surface area (Å²) >= 11 is 5.96. The number of carbonyl (C=O) groups excluding carboxylic acids is 2. The van der Waals surface area contributed by atoms with E-state index >= 15 is 0 Å². The van der Waals surface area contributed by atoms with Crippen LogP contribution in [0.3, 0.4) is 0 Å². The van der Waals surface area contributed by atoms with E-state index in [0.717, 1.165) is 16.8 Å². The van der Waals surface area contributed by atoms with Crippen LogP contribution in [-0.2, 0) is 27.2 Å². The standard InChI is InChI=1S/C21H23ClN2O3/c22-18-3-1-2-16(14-18)6-9-20(25)23-19-7-4-17(5-8-19)15-21(26)24-10-12-27-13-11-24/h1-5,7-8,14H,6,9-13,15H2,(H,23,25). The van der Waals surface area contributed by atoms with Crippen molar-refractivity contribution in [2.75, 3.05) is 31.6 Å². The maximum absolute atomic E-state index is 12.3. The lowest BCUT2D eigenvalue weighted by Crippen LogP contribution is -2.41. The van der Waals surface area contributed by atoms with Gasteiger partial charge < -0.3 is 15.0 Å². The van der Waals surface area contributed by atoms with E-state index in [2.05, 4.69) is 5.32 Å². The molecule has 0 spiro atoms. The van der Waals surface area contributed by atoms with E-state index in [1.54, 1.807) is 0 Å². The predicted octanol–water partition coefficient (Wildman–Crippen LogP) is 3.31. The molecule has 1 saturated heterocycles. The van der Waals surface area contributed by atoms with Gasteiger partial charge in [0.25, 0.3) is 0 Å². The van der Waals surface area contributed by atoms with Gasteiger partial charge in [-0.15, -0.1) is 0 Å². The van der Waals surface area contributed by atoms with Crippen LogP contribution in [0.15, 0.2) is 48.5 Å². The Kier molecular flexibility index (Phi) is 6.85. The lowest BCUT2D eigenvalue weighted by molar-refractivity contribution is -0.134. The first-order chi connectivity index (χ1) is 13.1. The topological polar surface area (TPSA) is 58.6 Å². The number of hydrogen-bond acceptors (Lipinski definition) is 3. The van der Waals surface area contributed by atoms with Gasteiger partial charge in [0.1, 0.15) is 0 Å². The molecule has 0 unspecified atom stereocenters. The SMILES string of the molecule is O=C(CCc1cccc(Cl)c1)Nc1ccc(CC(=O)N2CCOCC2)cc1. The predicted molar refractivity (Wildman–Crippen MR) is 106 cm³/mol. The molecule has 142 valence electrons. The molecule has 2 aromatic carbocycles. The number of anilines is 1. The number of halogens is 1. The number of hydrogen-bond donors (Lipinski definition) is 1. The van der Waals surface area contributed by atoms with Gasteiger partial charge in [-0.2, -0.15) is 0 Å². The molecule has 1 fully saturated rings. The normalized spacial score (nSPS) is 14.0. The fourth-order valence-electron chi connectivity index (χ4n) is 2.98. The Morgan fingerprint density at radius 2 is 1.78 bits per heavy atom. The molecule has 0 bridgehead atoms. The fraction of sp³-hybridized carbons (Fsp3) is 0.333. The second kappa shape index (κ2) is 9.53. The lowest BCUT2D eigenvalue weighted by Gasteiger charge is -2.26. The second-order valence-corrected chi connectivity index (χ2v) is 6.98. The van der Waals surface area contributed by atoms with Crippen molar-refractivity contribution in [2.45, 2.75) is 19.3 Å². The molecule has 2 aromatic rings. The third-order valence-corrected chi connectivity index (χ3v) is 4.72. The number of carbonyl (C=O) groups is 2. The molecule has 0 aliphatic carbocycles. The number of nitrogens with one attached hydrogen (secondary N) is 1. The first-order valence-corrected chi connectivity index (χ1v) is 9.47. The summed E-state index contributed by atoms with van der Waals surface area (Å²) in [6.45, 7) is 2.51. The molecule has 3 rings (SSSR count). The van der Waals surface area contributed by atoms with E-state index in [1.165, 1.54) is 0 Å². The molecule has 0 aromatic heterocycles. The van der Waals surface area contributed by atoms with Gasteiger partial charge in [-0.3, -0.25) is 9.59 Å². The Hall–Kier alpha value is -2.37. The molecule has 0 atom stereocenters. The summed E-state index contributed by atoms with van der Waals surface area (Å²) < 4.78 is 5.27. The molecule has 0 saturated carbocycles. The van der Waals surface area contributed by atoms with Gasteiger partial charge >= 0.3 is 0 Å². The van der Waals surface area contributed by atoms with Crippen LogP contribution in [0.5, 0.6) is 0 Å². The summed E-state index contributed by atoms with van der Waals surface area (Å²) in [5.74, 6) is 0.0590. The number of aryl methyl sites for hydroxylation is 1. The van der Waals surface area contributed by atoms with E-state index in [-0.39, 0.29) is 11.8 Å². The number of amides is 2. The molecule has 5 nitrogen and oxygen atoms in total. The van der Waals surface area contributed by atoms with Crippen molar-refractivity contribution in [3.63, 3.8) is 0 Å². The van der Waals surface area contributed by atoms with Crippen LogP contribution in [0, 0.1) is 0 Å². The zero-order valence-electron chi connectivity index (χ0n) is 15.1. The van der Waals surface area contributed by atoms with Crippen LogP contribution in [0.4, 0.5) is 5.69 Å². The first kappa shape index (κ1) is 19.4. The molecule has 1 aliphatic heterocycles. The molecule has 27 heavy (non-hydrogen) atoms. The molecule has 0 radical (unpaired) electrons. The Morgan fingerprint density at radius 1 is 1.04 bits per heavy atom. The van der Waals surface area contributed by atoms with Crippen molar-refractivity contribution in [1.82, 2.24) is 4.90 Å². The number of nitrogens with zero attached hydrogens (tertiary/aromatic N) is 1. The van der Waals surface area contributed by atoms with Crippen molar-refractivity contribution in [1.29, 1.82) is 0 Å². The van der Waals surface area contributed by atoms with Crippen LogP contribution >= 0.6 is 11.6 Å². The average molecular weight is 387 g/mol. The summed E-state index contributed by atoms with van der Waals surface area (Å²) in [6.07, 6.45) is 1.39. The minimum atomic E-state index is -0.0490. The number of rotatable bonds is 6. The van der Waals surface area contributed by atoms with E-state index in [0.29, 0.717) is 50.6 Å². The molecule has 6 heteroatoms. The third kappa shape index (κ3) is 6.08. The smallest absolute Gasteiger partial charge is 0.227 e. The van der Waals surface area contributed by atoms with Crippen molar-refractivity contribution >= 4 is 29.1 Å². The van der Waals surface area contributed by atoms with Crippen molar-refractivity contribution in [2.24, 2.45) is 0 Å². The summed E-state index contributed by atoms with van der Waals surface area (Å²) in [6, 6.07) is 15.0. The van der Waals surface area contributed by atoms with Gasteiger partial charge in [-0.1, -0.05) is 35.9 Å². The maximum atomic E-state index is 12.3. The zero-order valence-corrected chi connectivity index (χ0v) is 15.9. The van der Waals surface area contributed by atoms with E-state index < -0.39 is 0 Å². The molecular weight excluding hydrogens is 364 g/mol. The summed E-state index contributed by atoms with van der Waals surface area (Å²) in [5, 5.41) is 3.56. The lowest BCUT2D eigenvalue weighted by atomic mass is 10.1. The van der Waals surface area contributed by atoms with E-state index in [4.69, 9.17) is 16.3 Å². The monoisotopic (exact) mass is 386 g/mol. The Morgan fingerprint density at radius 3 is 2.48 bits per heavy atom. The Bertz CT molecular complexity index is 786. The Labute approximate surface area is 164 Å². The maximum Gasteiger partial charge on any atom is 0.227 e. The second-order valence-electron chi connectivity index (χ2n) is 6.54. The summed E-state index contributed by atoms with van der Waals surface area (Å²) in [4.78, 5) is 26.2. The highest BCUT2D eigenvalue weighted by atomic mass is 35.5. The quantitative estimate of drug-likeness (QED) is 0.828. The molecule has 1 aliphatic rings. The van der Waals surface area contributed by atoms with E-state index in [9.17, 15) is 9.59 Å². The molecule has 1 heterocycles. The van der Waals surface area contributed by atoms with Crippen LogP contribution in [0.2, 0.25) is 5.02 Å². The molecule has 1 N–H and O–H groups in total. The average Bonchev–Trinajstić information content (AvgIpc) is 2.69. The van der Waals surface area contributed by atoms with Gasteiger partial charge in [0.15, 0.2) is 0 Å². The molecule has 2 amide bonds. The van der Waals surface area contributed by atoms with Crippen molar-refractivity contribution < 1.29 is 14.3 Å².